The van der Waals surface area contributed by atoms with Gasteiger partial charge in [-0.05, 0) is 36.2 Å². The monoisotopic (exact) mass is 293 g/mol. The lowest BCUT2D eigenvalue weighted by atomic mass is 10.1. The number of hydrogen-bond donors (Lipinski definition) is 1. The number of benzene rings is 1. The van der Waals surface area contributed by atoms with Gasteiger partial charge in [-0.25, -0.2) is 13.6 Å². The number of carboxylic acid groups (broad SMARTS) is 1. The van der Waals surface area contributed by atoms with Crippen LogP contribution in [0.25, 0.3) is 0 Å². The van der Waals surface area contributed by atoms with E-state index in [1.165, 1.54) is 6.07 Å². The summed E-state index contributed by atoms with van der Waals surface area (Å²) in [5, 5.41) is 8.54. The molecule has 110 valence electrons. The fraction of sp³-hybridized carbons (Fsp3) is 0.200. The lowest BCUT2D eigenvalue weighted by molar-refractivity contribution is -0.149. The first-order valence-electron chi connectivity index (χ1n) is 6.31. The van der Waals surface area contributed by atoms with Gasteiger partial charge in [-0.1, -0.05) is 6.07 Å². The van der Waals surface area contributed by atoms with E-state index >= 15 is 0 Å². The van der Waals surface area contributed by atoms with Gasteiger partial charge in [0.05, 0.1) is 0 Å². The van der Waals surface area contributed by atoms with E-state index in [4.69, 9.17) is 5.11 Å². The largest absolute Gasteiger partial charge is 0.476 e. The number of carbonyl (C=O) groups excluding carboxylic acids is 1. The topological polar surface area (TPSA) is 59.3 Å². The Kier molecular flexibility index (Phi) is 4.47. The van der Waals surface area contributed by atoms with Gasteiger partial charge < -0.3 is 9.67 Å². The summed E-state index contributed by atoms with van der Waals surface area (Å²) in [6, 6.07) is 7.16. The van der Waals surface area contributed by atoms with Crippen molar-refractivity contribution in [2.45, 2.75) is 19.4 Å². The van der Waals surface area contributed by atoms with E-state index in [1.807, 2.05) is 0 Å². The van der Waals surface area contributed by atoms with E-state index in [1.54, 1.807) is 22.9 Å². The minimum atomic E-state index is -1.45. The number of Topliss-reactive ketones (excluding diaryl/α,β-unsaturated/α-hetero) is 1. The fourth-order valence-electron chi connectivity index (χ4n) is 2.01. The van der Waals surface area contributed by atoms with Gasteiger partial charge in [-0.2, -0.15) is 0 Å². The molecule has 0 saturated carbocycles. The Hall–Kier alpha value is -2.50. The summed E-state index contributed by atoms with van der Waals surface area (Å²) in [6.07, 6.45) is 1.92. The van der Waals surface area contributed by atoms with E-state index < -0.39 is 23.4 Å². The van der Waals surface area contributed by atoms with Gasteiger partial charge >= 0.3 is 5.97 Å². The predicted molar refractivity (Wildman–Crippen MR) is 70.9 cm³/mol. The summed E-state index contributed by atoms with van der Waals surface area (Å²) in [5.41, 5.74) is 1.34. The van der Waals surface area contributed by atoms with Crippen molar-refractivity contribution in [3.8, 4) is 0 Å². The van der Waals surface area contributed by atoms with Gasteiger partial charge in [-0.15, -0.1) is 0 Å². The molecule has 0 radical (unpaired) electrons. The maximum absolute atomic E-state index is 13.2. The Bertz CT molecular complexity index is 679. The van der Waals surface area contributed by atoms with Crippen molar-refractivity contribution in [3.05, 3.63) is 59.4 Å². The molecule has 0 unspecified atom stereocenters. The molecule has 1 heterocycles. The van der Waals surface area contributed by atoms with Gasteiger partial charge in [-0.3, -0.25) is 4.79 Å². The highest BCUT2D eigenvalue weighted by Gasteiger charge is 2.12. The molecule has 0 fully saturated rings. The van der Waals surface area contributed by atoms with Crippen LogP contribution in [-0.2, 0) is 22.6 Å². The highest BCUT2D eigenvalue weighted by atomic mass is 19.2. The third-order valence-corrected chi connectivity index (χ3v) is 3.11. The number of halogens is 2. The standard InChI is InChI=1S/C15H13F2NO3/c16-12-5-3-10(8-13(12)17)9-18-7-1-2-11(18)4-6-14(19)15(20)21/h1-3,5,7-8H,4,6,9H2,(H,20,21). The van der Waals surface area contributed by atoms with Crippen LogP contribution < -0.4 is 0 Å². The molecular weight excluding hydrogens is 280 g/mol. The average Bonchev–Trinajstić information content (AvgIpc) is 2.87. The molecular formula is C15H13F2NO3. The molecule has 0 aliphatic carbocycles. The molecule has 4 nitrogen and oxygen atoms in total. The quantitative estimate of drug-likeness (QED) is 0.832. The zero-order valence-electron chi connectivity index (χ0n) is 11.1. The van der Waals surface area contributed by atoms with Gasteiger partial charge in [0.25, 0.3) is 0 Å². The van der Waals surface area contributed by atoms with Gasteiger partial charge in [0.15, 0.2) is 11.6 Å². The fourth-order valence-corrected chi connectivity index (χ4v) is 2.01. The maximum Gasteiger partial charge on any atom is 0.372 e. The highest BCUT2D eigenvalue weighted by Crippen LogP contribution is 2.13. The number of aryl methyl sites for hydroxylation is 1. The summed E-state index contributed by atoms with van der Waals surface area (Å²) in [6.45, 7) is 0.320. The zero-order chi connectivity index (χ0) is 15.4. The molecule has 0 aliphatic rings. The smallest absolute Gasteiger partial charge is 0.372 e. The van der Waals surface area contributed by atoms with Crippen LogP contribution in [0.5, 0.6) is 0 Å². The highest BCUT2D eigenvalue weighted by molar-refractivity contribution is 6.32. The molecule has 6 heteroatoms. The van der Waals surface area contributed by atoms with Crippen LogP contribution in [0.4, 0.5) is 8.78 Å². The number of carboxylic acids is 1. The van der Waals surface area contributed by atoms with Crippen molar-refractivity contribution in [1.82, 2.24) is 4.57 Å². The van der Waals surface area contributed by atoms with E-state index in [9.17, 15) is 18.4 Å². The summed E-state index contributed by atoms with van der Waals surface area (Å²) in [5.74, 6) is -4.12. The van der Waals surface area contributed by atoms with Gasteiger partial charge in [0.2, 0.25) is 5.78 Å². The third kappa shape index (κ3) is 3.75. The second-order valence-corrected chi connectivity index (χ2v) is 4.60. The van der Waals surface area contributed by atoms with Crippen LogP contribution in [0.1, 0.15) is 17.7 Å². The maximum atomic E-state index is 13.2. The zero-order valence-corrected chi connectivity index (χ0v) is 11.1. The first-order chi connectivity index (χ1) is 9.97. The van der Waals surface area contributed by atoms with Crippen molar-refractivity contribution >= 4 is 11.8 Å². The van der Waals surface area contributed by atoms with E-state index in [0.717, 1.165) is 17.8 Å². The third-order valence-electron chi connectivity index (χ3n) is 3.11. The van der Waals surface area contributed by atoms with Crippen LogP contribution >= 0.6 is 0 Å². The molecule has 0 amide bonds. The lowest BCUT2D eigenvalue weighted by Gasteiger charge is -2.09. The Morgan fingerprint density at radius 2 is 1.90 bits per heavy atom. The minimum absolute atomic E-state index is 0.100. The molecule has 1 aromatic carbocycles. The molecule has 21 heavy (non-hydrogen) atoms. The molecule has 0 bridgehead atoms. The van der Waals surface area contributed by atoms with E-state index in [2.05, 4.69) is 0 Å². The van der Waals surface area contributed by atoms with Crippen molar-refractivity contribution in [3.63, 3.8) is 0 Å². The van der Waals surface area contributed by atoms with Crippen molar-refractivity contribution in [2.75, 3.05) is 0 Å². The Balaban J connectivity index is 2.07. The molecule has 0 aliphatic heterocycles. The molecule has 0 spiro atoms. The van der Waals surface area contributed by atoms with Crippen molar-refractivity contribution < 1.29 is 23.5 Å². The summed E-state index contributed by atoms with van der Waals surface area (Å²) in [4.78, 5) is 21.6. The molecule has 2 aromatic rings. The number of aliphatic carboxylic acids is 1. The summed E-state index contributed by atoms with van der Waals surface area (Å²) in [7, 11) is 0. The van der Waals surface area contributed by atoms with Crippen LogP contribution in [-0.4, -0.2) is 21.4 Å². The Morgan fingerprint density at radius 1 is 1.14 bits per heavy atom. The predicted octanol–water partition coefficient (Wildman–Crippen LogP) is 2.40. The minimum Gasteiger partial charge on any atom is -0.476 e. The summed E-state index contributed by atoms with van der Waals surface area (Å²) >= 11 is 0. The van der Waals surface area contributed by atoms with E-state index in [-0.39, 0.29) is 12.8 Å². The number of aromatic nitrogens is 1. The van der Waals surface area contributed by atoms with Crippen molar-refractivity contribution in [2.24, 2.45) is 0 Å². The van der Waals surface area contributed by atoms with Crippen LogP contribution in [0.2, 0.25) is 0 Å². The molecule has 0 atom stereocenters. The number of ketones is 1. The number of nitrogens with zero attached hydrogens (tertiary/aromatic N) is 1. The Labute approximate surface area is 119 Å². The van der Waals surface area contributed by atoms with Gasteiger partial charge in [0, 0.05) is 24.9 Å². The first-order valence-corrected chi connectivity index (χ1v) is 6.31. The van der Waals surface area contributed by atoms with Crippen LogP contribution in [0, 0.1) is 11.6 Å². The SMILES string of the molecule is O=C(O)C(=O)CCc1cccn1Cc1ccc(F)c(F)c1. The molecule has 1 aromatic heterocycles. The second-order valence-electron chi connectivity index (χ2n) is 4.60. The average molecular weight is 293 g/mol. The summed E-state index contributed by atoms with van der Waals surface area (Å²) < 4.78 is 27.8. The second kappa shape index (κ2) is 6.30. The van der Waals surface area contributed by atoms with Gasteiger partial charge in [0.1, 0.15) is 0 Å². The van der Waals surface area contributed by atoms with Crippen LogP contribution in [0.3, 0.4) is 0 Å². The molecule has 1 N–H and O–H groups in total. The molecule has 0 saturated heterocycles. The molecule has 2 rings (SSSR count). The number of carbonyl (C=O) groups is 2. The first kappa shape index (κ1) is 14.9. The van der Waals surface area contributed by atoms with Crippen LogP contribution in [0.15, 0.2) is 36.5 Å². The normalized spacial score (nSPS) is 10.6. The van der Waals surface area contributed by atoms with E-state index in [0.29, 0.717) is 12.1 Å². The number of hydrogen-bond acceptors (Lipinski definition) is 2. The number of rotatable bonds is 6. The Morgan fingerprint density at radius 3 is 2.57 bits per heavy atom. The van der Waals surface area contributed by atoms with Crippen molar-refractivity contribution in [1.29, 1.82) is 0 Å². The lowest BCUT2D eigenvalue weighted by Crippen LogP contribution is -2.14.